The van der Waals surface area contributed by atoms with Gasteiger partial charge in [0.25, 0.3) is 11.8 Å². The number of carboxylic acids is 2. The highest BCUT2D eigenvalue weighted by Crippen LogP contribution is 2.51. The Morgan fingerprint density at radius 2 is 1.63 bits per heavy atom. The lowest BCUT2D eigenvalue weighted by molar-refractivity contribution is -0.944. The molecule has 6 heterocycles. The van der Waals surface area contributed by atoms with E-state index in [1.165, 1.54) is 40.8 Å². The van der Waals surface area contributed by atoms with Crippen molar-refractivity contribution in [1.82, 2.24) is 14.8 Å². The van der Waals surface area contributed by atoms with Crippen molar-refractivity contribution in [3.8, 4) is 11.5 Å². The van der Waals surface area contributed by atoms with Crippen molar-refractivity contribution in [2.75, 3.05) is 19.3 Å². The molecule has 0 saturated carbocycles. The number of nitrogen functional groups attached to an aromatic ring is 1. The number of aromatic hydroxyl groups is 2. The van der Waals surface area contributed by atoms with Crippen molar-refractivity contribution in [1.29, 1.82) is 0 Å². The van der Waals surface area contributed by atoms with Gasteiger partial charge in [0, 0.05) is 48.3 Å². The smallest absolute Gasteiger partial charge is 0.352 e. The first-order valence-corrected chi connectivity index (χ1v) is 19.1. The quantitative estimate of drug-likeness (QED) is 0.0548. The summed E-state index contributed by atoms with van der Waals surface area (Å²) in [7, 11) is 2.05. The fourth-order valence-electron chi connectivity index (χ4n) is 8.48. The zero-order valence-corrected chi connectivity index (χ0v) is 31.3. The van der Waals surface area contributed by atoms with E-state index in [1.54, 1.807) is 0 Å². The highest BCUT2D eigenvalue weighted by atomic mass is 32.2. The molecule has 19 heteroatoms. The number of nitrogens with zero attached hydrogens (tertiary/aromatic N) is 5. The van der Waals surface area contributed by atoms with Crippen LogP contribution in [0, 0.1) is 5.92 Å². The average molecular weight is 784 g/mol. The van der Waals surface area contributed by atoms with Gasteiger partial charge in [0.05, 0.1) is 47.6 Å². The Morgan fingerprint density at radius 3 is 2.15 bits per heavy atom. The first-order chi connectivity index (χ1) is 25.3. The molecule has 3 amide bonds. The minimum Gasteiger partial charge on any atom is -0.504 e. The molecule has 2 aromatic rings. The van der Waals surface area contributed by atoms with Gasteiger partial charge < -0.3 is 35.5 Å². The van der Waals surface area contributed by atoms with Gasteiger partial charge >= 0.3 is 11.9 Å². The number of hydrogen-bond donors (Lipinski definition) is 5. The Bertz CT molecular complexity index is 2040. The number of thiazole rings is 1. The van der Waals surface area contributed by atoms with E-state index in [0.29, 0.717) is 29.4 Å². The molecule has 0 radical (unpaired) electrons. The van der Waals surface area contributed by atoms with Gasteiger partial charge in [-0.3, -0.25) is 29.0 Å². The molecule has 3 fully saturated rings. The number of aliphatic carboxylic acids is 2. The second-order valence-electron chi connectivity index (χ2n) is 15.1. The van der Waals surface area contributed by atoms with E-state index in [4.69, 9.17) is 10.6 Å². The van der Waals surface area contributed by atoms with Gasteiger partial charge in [-0.25, -0.2) is 14.6 Å². The molecule has 0 spiro atoms. The van der Waals surface area contributed by atoms with E-state index in [2.05, 4.69) is 10.1 Å². The van der Waals surface area contributed by atoms with Gasteiger partial charge in [-0.05, 0) is 32.9 Å². The van der Waals surface area contributed by atoms with Gasteiger partial charge in [-0.1, -0.05) is 5.16 Å². The number of phenols is 2. The van der Waals surface area contributed by atoms with Crippen LogP contribution in [0.25, 0.3) is 0 Å². The maximum atomic E-state index is 13.7. The second kappa shape index (κ2) is 13.1. The van der Waals surface area contributed by atoms with E-state index in [1.807, 2.05) is 14.0 Å². The number of amides is 3. The molecule has 0 aliphatic carbocycles. The molecule has 17 nitrogen and oxygen atoms in total. The van der Waals surface area contributed by atoms with Gasteiger partial charge in [0.15, 0.2) is 28.1 Å². The molecule has 286 valence electrons. The number of likely N-dealkylation sites (N-methyl/N-ethyl adjacent to an activating group) is 1. The summed E-state index contributed by atoms with van der Waals surface area (Å²) in [5.74, 6) is -6.71. The predicted molar refractivity (Wildman–Crippen MR) is 192 cm³/mol. The van der Waals surface area contributed by atoms with Crippen LogP contribution in [0.1, 0.15) is 79.3 Å². The van der Waals surface area contributed by atoms with Crippen molar-refractivity contribution in [3.63, 3.8) is 0 Å². The number of Topliss-reactive ketones (excluding diaryl/α,β-unsaturated/α-hetero) is 1. The number of aromatic nitrogens is 1. The third kappa shape index (κ3) is 5.88. The number of fused-ring (bicyclic) bond motifs is 4. The number of piperidine rings is 1. The van der Waals surface area contributed by atoms with Gasteiger partial charge in [-0.15, -0.1) is 23.1 Å². The number of imide groups is 1. The van der Waals surface area contributed by atoms with Crippen molar-refractivity contribution in [2.45, 2.75) is 87.2 Å². The summed E-state index contributed by atoms with van der Waals surface area (Å²) in [6.07, 6.45) is 2.18. The highest BCUT2D eigenvalue weighted by Gasteiger charge is 2.59. The van der Waals surface area contributed by atoms with Crippen LogP contribution < -0.4 is 5.73 Å². The zero-order chi connectivity index (χ0) is 39.2. The molecule has 5 aliphatic heterocycles. The fraction of sp³-hybridized carbons (Fsp3) is 0.486. The fourth-order valence-corrected chi connectivity index (χ4v) is 10.5. The summed E-state index contributed by atoms with van der Waals surface area (Å²) in [5, 5.41) is 44.3. The van der Waals surface area contributed by atoms with Crippen LogP contribution in [-0.2, 0) is 24.0 Å². The van der Waals surface area contributed by atoms with E-state index in [-0.39, 0.29) is 57.1 Å². The number of hydrogen-bond acceptors (Lipinski definition) is 14. The lowest BCUT2D eigenvalue weighted by Crippen LogP contribution is -2.65. The number of anilines is 1. The molecule has 1 aromatic carbocycles. The van der Waals surface area contributed by atoms with E-state index in [0.717, 1.165) is 36.3 Å². The molecular formula is C35H39N6O11S2+. The van der Waals surface area contributed by atoms with Gasteiger partial charge in [0.1, 0.15) is 17.9 Å². The normalized spacial score (nSPS) is 29.3. The molecule has 2 bridgehead atoms. The molecular weight excluding hydrogens is 745 g/mol. The second-order valence-corrected chi connectivity index (χ2v) is 17.4. The number of quaternary nitrogens is 1. The summed E-state index contributed by atoms with van der Waals surface area (Å²) in [4.78, 5) is 90.4. The standard InChI is InChI=1S/C35H38N6O11S2/c1-14-21(12-41(4)16-5-6-17(41)8-15(7-16)39-28(45)18-9-23(42)24(43)10-19(18)29(39)46)27(32(48)49)40-30(47)20(31(40)54-14)11-25(44)26(22-13-53-34(36)37-22)38-52-35(2,3)33(50)51/h9-10,13-17,20,31H,5-8,11-12H2,1-4H3,(H5-,36,37,38,42,43,44,45,46,48,49,50,51)/p+1/t14-,15?,16-,17+,20+,31+,41?/m0/s1. The Kier molecular flexibility index (Phi) is 9.04. The number of carbonyl (C=O) groups is 6. The van der Waals surface area contributed by atoms with Crippen molar-refractivity contribution >= 4 is 69.4 Å². The molecule has 7 atom stereocenters. The van der Waals surface area contributed by atoms with Crippen LogP contribution in [0.2, 0.25) is 0 Å². The van der Waals surface area contributed by atoms with Crippen LogP contribution in [0.15, 0.2) is 33.9 Å². The molecule has 3 saturated heterocycles. The molecule has 54 heavy (non-hydrogen) atoms. The Labute approximate surface area is 316 Å². The number of benzene rings is 1. The summed E-state index contributed by atoms with van der Waals surface area (Å²) in [6.45, 7) is 4.71. The number of carboxylic acid groups (broad SMARTS) is 2. The maximum Gasteiger partial charge on any atom is 0.352 e. The third-order valence-electron chi connectivity index (χ3n) is 11.5. The van der Waals surface area contributed by atoms with Crippen molar-refractivity contribution < 1.29 is 58.5 Å². The largest absolute Gasteiger partial charge is 0.504 e. The Balaban J connectivity index is 1.10. The van der Waals surface area contributed by atoms with Crippen LogP contribution in [0.3, 0.4) is 0 Å². The minimum absolute atomic E-state index is 0.0272. The summed E-state index contributed by atoms with van der Waals surface area (Å²) in [6, 6.07) is 1.74. The first-order valence-electron chi connectivity index (χ1n) is 17.3. The third-order valence-corrected chi connectivity index (χ3v) is 13.7. The summed E-state index contributed by atoms with van der Waals surface area (Å²) < 4.78 is 0.468. The Morgan fingerprint density at radius 1 is 1.04 bits per heavy atom. The van der Waals surface area contributed by atoms with Crippen LogP contribution in [-0.4, -0.2) is 129 Å². The maximum absolute atomic E-state index is 13.7. The van der Waals surface area contributed by atoms with Crippen molar-refractivity contribution in [3.05, 3.63) is 45.6 Å². The van der Waals surface area contributed by atoms with Crippen LogP contribution in [0.4, 0.5) is 5.13 Å². The zero-order valence-electron chi connectivity index (χ0n) is 29.7. The number of thioether (sulfide) groups is 1. The number of β-lactam (4-membered cyclic amide) rings is 1. The lowest BCUT2D eigenvalue weighted by atomic mass is 9.88. The number of carbonyl (C=O) groups excluding carboxylic acids is 4. The molecule has 1 aromatic heterocycles. The lowest BCUT2D eigenvalue weighted by Gasteiger charge is -2.53. The number of ketones is 1. The molecule has 5 aliphatic rings. The summed E-state index contributed by atoms with van der Waals surface area (Å²) >= 11 is 2.42. The van der Waals surface area contributed by atoms with E-state index in [9.17, 15) is 49.2 Å². The topological polar surface area (TPSA) is 250 Å². The minimum atomic E-state index is -1.78. The number of nitrogens with two attached hydrogens (primary N) is 1. The van der Waals surface area contributed by atoms with E-state index < -0.39 is 69.9 Å². The number of phenolic OH excluding ortho intramolecular Hbond substituents is 2. The van der Waals surface area contributed by atoms with Crippen molar-refractivity contribution in [2.24, 2.45) is 11.1 Å². The van der Waals surface area contributed by atoms with Gasteiger partial charge in [0.2, 0.25) is 11.5 Å². The molecule has 6 N–H and O–H groups in total. The monoisotopic (exact) mass is 783 g/mol. The highest BCUT2D eigenvalue weighted by molar-refractivity contribution is 8.00. The summed E-state index contributed by atoms with van der Waals surface area (Å²) in [5.41, 5.74) is 4.28. The predicted octanol–water partition coefficient (Wildman–Crippen LogP) is 2.37. The first kappa shape index (κ1) is 37.3. The van der Waals surface area contributed by atoms with E-state index >= 15 is 0 Å². The molecule has 7 rings (SSSR count). The van der Waals surface area contributed by atoms with Gasteiger partial charge in [-0.2, -0.15) is 0 Å². The van der Waals surface area contributed by atoms with Crippen LogP contribution >= 0.6 is 23.1 Å². The number of rotatable bonds is 11. The average Bonchev–Trinajstić information content (AvgIpc) is 3.65. The van der Waals surface area contributed by atoms with Crippen LogP contribution in [0.5, 0.6) is 11.5 Å². The Hall–Kier alpha value is -5.01. The molecule has 2 unspecified atom stereocenters. The number of oxime groups is 1. The SMILES string of the molecule is C[C@@H]1S[C@@H]2[C@H](CC(=O)/C(=N\OC(C)(C)C(=O)O)c3csc(N)n3)C(=O)N2C(C(=O)O)=C1C[N+]1(C)[C@@H]2CC[C@H]1CC(N1C(=O)c3cc(O)c(O)cc3C1=O)C2.